The van der Waals surface area contributed by atoms with E-state index in [-0.39, 0.29) is 5.70 Å². The number of benzene rings is 2. The molecule has 0 atom stereocenters. The molecule has 0 saturated carbocycles. The highest BCUT2D eigenvalue weighted by molar-refractivity contribution is 6.24. The maximum atomic E-state index is 13.3. The van der Waals surface area contributed by atoms with Gasteiger partial charge in [-0.1, -0.05) is 30.3 Å². The number of carbonyl (C=O) groups excluding carboxylic acids is 1. The van der Waals surface area contributed by atoms with Crippen LogP contribution in [0.15, 0.2) is 71.3 Å². The van der Waals surface area contributed by atoms with Crippen LogP contribution in [0.1, 0.15) is 5.76 Å². The quantitative estimate of drug-likeness (QED) is 0.499. The zero-order valence-corrected chi connectivity index (χ0v) is 16.3. The van der Waals surface area contributed by atoms with Crippen molar-refractivity contribution >= 4 is 23.4 Å². The van der Waals surface area contributed by atoms with Crippen molar-refractivity contribution in [1.29, 1.82) is 0 Å². The van der Waals surface area contributed by atoms with E-state index < -0.39 is 5.91 Å². The molecule has 4 aromatic rings. The number of aromatic nitrogens is 4. The third kappa shape index (κ3) is 3.88. The molecule has 3 heterocycles. The van der Waals surface area contributed by atoms with E-state index in [4.69, 9.17) is 13.9 Å². The van der Waals surface area contributed by atoms with Gasteiger partial charge in [-0.05, 0) is 34.7 Å². The lowest BCUT2D eigenvalue weighted by molar-refractivity contribution is -0.111. The van der Waals surface area contributed by atoms with E-state index in [9.17, 15) is 4.79 Å². The van der Waals surface area contributed by atoms with Crippen LogP contribution in [0.3, 0.4) is 0 Å². The molecule has 1 aliphatic rings. The van der Waals surface area contributed by atoms with Gasteiger partial charge < -0.3 is 19.2 Å². The topological polar surface area (TPSA) is 104 Å². The van der Waals surface area contributed by atoms with E-state index in [1.165, 1.54) is 10.9 Å². The van der Waals surface area contributed by atoms with Crippen LogP contribution in [0.2, 0.25) is 0 Å². The molecule has 31 heavy (non-hydrogen) atoms. The van der Waals surface area contributed by atoms with E-state index in [1.807, 2.05) is 30.3 Å². The molecule has 2 aromatic heterocycles. The van der Waals surface area contributed by atoms with Gasteiger partial charge in [-0.2, -0.15) is 4.68 Å². The van der Waals surface area contributed by atoms with Crippen LogP contribution >= 0.6 is 0 Å². The molecule has 0 fully saturated rings. The summed E-state index contributed by atoms with van der Waals surface area (Å²) >= 11 is 0. The predicted octanol–water partition coefficient (Wildman–Crippen LogP) is 3.34. The van der Waals surface area contributed by atoms with E-state index in [0.29, 0.717) is 42.0 Å². The second kappa shape index (κ2) is 8.15. The zero-order chi connectivity index (χ0) is 21.0. The highest BCUT2D eigenvalue weighted by Gasteiger charge is 2.21. The Labute approximate surface area is 176 Å². The van der Waals surface area contributed by atoms with Crippen molar-refractivity contribution < 1.29 is 18.7 Å². The van der Waals surface area contributed by atoms with Crippen molar-refractivity contribution in [3.63, 3.8) is 0 Å². The number of carbonyl (C=O) groups is 1. The number of fused-ring (bicyclic) bond motifs is 1. The summed E-state index contributed by atoms with van der Waals surface area (Å²) in [7, 11) is 0. The molecule has 0 radical (unpaired) electrons. The highest BCUT2D eigenvalue weighted by Crippen LogP contribution is 2.33. The molecule has 1 amide bonds. The largest absolute Gasteiger partial charge is 0.486 e. The van der Waals surface area contributed by atoms with Gasteiger partial charge in [0.1, 0.15) is 24.7 Å². The second-order valence-corrected chi connectivity index (χ2v) is 6.64. The van der Waals surface area contributed by atoms with Crippen LogP contribution < -0.4 is 14.8 Å². The molecule has 0 aliphatic carbocycles. The van der Waals surface area contributed by atoms with Crippen molar-refractivity contribution in [2.24, 2.45) is 0 Å². The van der Waals surface area contributed by atoms with E-state index >= 15 is 0 Å². The monoisotopic (exact) mass is 415 g/mol. The maximum Gasteiger partial charge on any atom is 0.274 e. The number of hydrogen-bond donors (Lipinski definition) is 1. The van der Waals surface area contributed by atoms with E-state index in [2.05, 4.69) is 20.8 Å². The Hall–Kier alpha value is -4.40. The van der Waals surface area contributed by atoms with Crippen LogP contribution in [0, 0.1) is 0 Å². The predicted molar refractivity (Wildman–Crippen MR) is 112 cm³/mol. The maximum absolute atomic E-state index is 13.3. The van der Waals surface area contributed by atoms with Crippen LogP contribution in [-0.2, 0) is 4.79 Å². The minimum Gasteiger partial charge on any atom is -0.486 e. The lowest BCUT2D eigenvalue weighted by Crippen LogP contribution is -2.20. The van der Waals surface area contributed by atoms with Gasteiger partial charge >= 0.3 is 0 Å². The van der Waals surface area contributed by atoms with Gasteiger partial charge in [0.25, 0.3) is 5.91 Å². The number of amides is 1. The first-order valence-corrected chi connectivity index (χ1v) is 9.58. The fraction of sp³-hybridized carbons (Fsp3) is 0.0909. The van der Waals surface area contributed by atoms with E-state index in [0.717, 1.165) is 5.56 Å². The summed E-state index contributed by atoms with van der Waals surface area (Å²) in [5, 5.41) is 14.8. The molecule has 0 unspecified atom stereocenters. The lowest BCUT2D eigenvalue weighted by Gasteiger charge is -2.19. The number of rotatable bonds is 5. The number of anilines is 1. The SMILES string of the molecule is O=C(Nc1ccc2c(c1)OCCO2)/C(=C/c1ccco1)n1nnnc1-c1ccccc1. The fourth-order valence-corrected chi connectivity index (χ4v) is 3.16. The second-order valence-electron chi connectivity index (χ2n) is 6.64. The normalized spacial score (nSPS) is 13.1. The Balaban J connectivity index is 1.51. The van der Waals surface area contributed by atoms with Gasteiger partial charge in [0, 0.05) is 23.4 Å². The molecule has 0 saturated heterocycles. The summed E-state index contributed by atoms with van der Waals surface area (Å²) < 4.78 is 17.9. The summed E-state index contributed by atoms with van der Waals surface area (Å²) in [5.41, 5.74) is 1.51. The molecule has 0 bridgehead atoms. The first-order chi connectivity index (χ1) is 15.3. The van der Waals surface area contributed by atoms with Crippen molar-refractivity contribution in [3.05, 3.63) is 72.7 Å². The zero-order valence-electron chi connectivity index (χ0n) is 16.3. The van der Waals surface area contributed by atoms with Crippen molar-refractivity contribution in [2.75, 3.05) is 18.5 Å². The summed E-state index contributed by atoms with van der Waals surface area (Å²) in [6.45, 7) is 0.954. The van der Waals surface area contributed by atoms with Gasteiger partial charge in [0.15, 0.2) is 17.3 Å². The Kier molecular flexibility index (Phi) is 4.89. The van der Waals surface area contributed by atoms with Crippen molar-refractivity contribution in [1.82, 2.24) is 20.2 Å². The number of ether oxygens (including phenoxy) is 2. The smallest absolute Gasteiger partial charge is 0.274 e. The molecular formula is C22H17N5O4. The molecule has 1 aliphatic heterocycles. The van der Waals surface area contributed by atoms with Crippen LogP contribution in [0.5, 0.6) is 11.5 Å². The Morgan fingerprint density at radius 2 is 1.84 bits per heavy atom. The van der Waals surface area contributed by atoms with Gasteiger partial charge in [0.05, 0.1) is 6.26 Å². The number of furan rings is 1. The Morgan fingerprint density at radius 1 is 1.00 bits per heavy atom. The molecular weight excluding hydrogens is 398 g/mol. The summed E-state index contributed by atoms with van der Waals surface area (Å²) in [6, 6.07) is 18.1. The standard InChI is InChI=1S/C22H17N5O4/c28-22(23-16-8-9-19-20(13-16)31-12-11-30-19)18(14-17-7-4-10-29-17)27-21(24-25-26-27)15-5-2-1-3-6-15/h1-10,13-14H,11-12H2,(H,23,28)/b18-14-. The van der Waals surface area contributed by atoms with Gasteiger partial charge in [-0.15, -0.1) is 5.10 Å². The summed E-state index contributed by atoms with van der Waals surface area (Å²) in [6.07, 6.45) is 3.11. The van der Waals surface area contributed by atoms with Crippen LogP contribution in [0.4, 0.5) is 5.69 Å². The number of nitrogens with one attached hydrogen (secondary N) is 1. The van der Waals surface area contributed by atoms with Gasteiger partial charge in [0.2, 0.25) is 0 Å². The number of nitrogens with zero attached hydrogens (tertiary/aromatic N) is 4. The molecule has 2 aromatic carbocycles. The van der Waals surface area contributed by atoms with Crippen molar-refractivity contribution in [3.8, 4) is 22.9 Å². The molecule has 154 valence electrons. The van der Waals surface area contributed by atoms with Crippen LogP contribution in [-0.4, -0.2) is 39.3 Å². The van der Waals surface area contributed by atoms with Crippen molar-refractivity contribution in [2.45, 2.75) is 0 Å². The van der Waals surface area contributed by atoms with Gasteiger partial charge in [-0.3, -0.25) is 4.79 Å². The average Bonchev–Trinajstić information content (AvgIpc) is 3.50. The molecule has 0 spiro atoms. The number of tetrazole rings is 1. The molecule has 5 rings (SSSR count). The lowest BCUT2D eigenvalue weighted by atomic mass is 10.2. The number of hydrogen-bond acceptors (Lipinski definition) is 7. The third-order valence-electron chi connectivity index (χ3n) is 4.58. The highest BCUT2D eigenvalue weighted by atomic mass is 16.6. The first kappa shape index (κ1) is 18.6. The minimum atomic E-state index is -0.419. The van der Waals surface area contributed by atoms with Crippen LogP contribution in [0.25, 0.3) is 23.2 Å². The van der Waals surface area contributed by atoms with Gasteiger partial charge in [-0.25, -0.2) is 0 Å². The average molecular weight is 415 g/mol. The Bertz CT molecular complexity index is 1230. The molecule has 9 heteroatoms. The summed E-state index contributed by atoms with van der Waals surface area (Å²) in [5.74, 6) is 1.71. The summed E-state index contributed by atoms with van der Waals surface area (Å²) in [4.78, 5) is 13.3. The fourth-order valence-electron chi connectivity index (χ4n) is 3.16. The Morgan fingerprint density at radius 3 is 2.65 bits per heavy atom. The third-order valence-corrected chi connectivity index (χ3v) is 4.58. The minimum absolute atomic E-state index is 0.189. The van der Waals surface area contributed by atoms with E-state index in [1.54, 1.807) is 36.4 Å². The molecule has 1 N–H and O–H groups in total. The molecule has 9 nitrogen and oxygen atoms in total. The first-order valence-electron chi connectivity index (χ1n) is 9.58.